The molecule has 164 valence electrons. The molecule has 8 nitrogen and oxygen atoms in total. The molecule has 0 aromatic heterocycles. The summed E-state index contributed by atoms with van der Waals surface area (Å²) in [6, 6.07) is 13.7. The Morgan fingerprint density at radius 1 is 1.10 bits per heavy atom. The molecule has 1 N–H and O–H groups in total. The van der Waals surface area contributed by atoms with Gasteiger partial charge in [0.1, 0.15) is 12.8 Å². The number of hydrogen-bond donors (Lipinski definition) is 1. The minimum Gasteiger partial charge on any atom is -0.468 e. The number of aliphatic hydroxyl groups excluding tert-OH is 1. The number of amides is 1. The summed E-state index contributed by atoms with van der Waals surface area (Å²) in [5, 5.41) is 11.1. The minimum atomic E-state index is -1.36. The van der Waals surface area contributed by atoms with Crippen LogP contribution in [0.5, 0.6) is 0 Å². The predicted molar refractivity (Wildman–Crippen MR) is 111 cm³/mol. The van der Waals surface area contributed by atoms with Gasteiger partial charge in [-0.25, -0.2) is 4.79 Å². The van der Waals surface area contributed by atoms with E-state index in [0.29, 0.717) is 10.6 Å². The number of esters is 2. The van der Waals surface area contributed by atoms with E-state index in [2.05, 4.69) is 0 Å². The number of methoxy groups -OCH3 is 2. The van der Waals surface area contributed by atoms with Gasteiger partial charge in [0.2, 0.25) is 0 Å². The van der Waals surface area contributed by atoms with E-state index in [-0.39, 0.29) is 18.7 Å². The van der Waals surface area contributed by atoms with Gasteiger partial charge < -0.3 is 19.3 Å². The molecule has 0 aliphatic carbocycles. The number of benzene rings is 2. The highest BCUT2D eigenvalue weighted by Crippen LogP contribution is 2.44. The molecule has 9 heteroatoms. The third-order valence-electron chi connectivity index (χ3n) is 5.13. The van der Waals surface area contributed by atoms with Crippen molar-refractivity contribution in [2.24, 2.45) is 5.92 Å². The second-order valence-corrected chi connectivity index (χ2v) is 7.40. The third-order valence-corrected chi connectivity index (χ3v) is 5.36. The third kappa shape index (κ3) is 4.81. The number of hydrogen-bond acceptors (Lipinski definition) is 7. The SMILES string of the molecule is COC(=O)C(C(=O)OC)[C@H]1CC(O)N(C(=O)OCc2ccccc2)c2cc(Cl)ccc21. The van der Waals surface area contributed by atoms with Crippen molar-refractivity contribution < 1.29 is 33.7 Å². The first-order valence-electron chi connectivity index (χ1n) is 9.50. The van der Waals surface area contributed by atoms with Crippen LogP contribution in [-0.2, 0) is 30.4 Å². The van der Waals surface area contributed by atoms with Gasteiger partial charge in [-0.3, -0.25) is 14.5 Å². The quantitative estimate of drug-likeness (QED) is 0.426. The summed E-state index contributed by atoms with van der Waals surface area (Å²) in [7, 11) is 2.32. The van der Waals surface area contributed by atoms with Crippen LogP contribution >= 0.6 is 11.6 Å². The molecule has 1 amide bonds. The van der Waals surface area contributed by atoms with Crippen molar-refractivity contribution in [1.29, 1.82) is 0 Å². The number of anilines is 1. The number of ether oxygens (including phenoxy) is 3. The minimum absolute atomic E-state index is 0.00909. The van der Waals surface area contributed by atoms with Gasteiger partial charge in [0, 0.05) is 17.4 Å². The van der Waals surface area contributed by atoms with Crippen molar-refractivity contribution in [1.82, 2.24) is 0 Å². The maximum Gasteiger partial charge on any atom is 0.416 e. The van der Waals surface area contributed by atoms with E-state index in [1.807, 2.05) is 18.2 Å². The van der Waals surface area contributed by atoms with Crippen LogP contribution in [0.25, 0.3) is 0 Å². The van der Waals surface area contributed by atoms with Gasteiger partial charge in [0.25, 0.3) is 0 Å². The highest BCUT2D eigenvalue weighted by Gasteiger charge is 2.45. The molecule has 1 unspecified atom stereocenters. The van der Waals surface area contributed by atoms with Gasteiger partial charge in [0.15, 0.2) is 5.92 Å². The van der Waals surface area contributed by atoms with Gasteiger partial charge in [-0.2, -0.15) is 0 Å². The normalized spacial score (nSPS) is 17.6. The van der Waals surface area contributed by atoms with E-state index in [9.17, 15) is 19.5 Å². The van der Waals surface area contributed by atoms with E-state index in [0.717, 1.165) is 24.7 Å². The maximum atomic E-state index is 12.8. The number of aliphatic hydroxyl groups is 1. The van der Waals surface area contributed by atoms with Crippen molar-refractivity contribution >= 4 is 35.3 Å². The fourth-order valence-corrected chi connectivity index (χ4v) is 3.83. The van der Waals surface area contributed by atoms with E-state index in [1.165, 1.54) is 6.07 Å². The Balaban J connectivity index is 1.95. The first-order chi connectivity index (χ1) is 14.9. The lowest BCUT2D eigenvalue weighted by Gasteiger charge is -2.39. The lowest BCUT2D eigenvalue weighted by atomic mass is 9.79. The smallest absolute Gasteiger partial charge is 0.416 e. The summed E-state index contributed by atoms with van der Waals surface area (Å²) in [4.78, 5) is 38.6. The molecule has 31 heavy (non-hydrogen) atoms. The van der Waals surface area contributed by atoms with Gasteiger partial charge >= 0.3 is 18.0 Å². The van der Waals surface area contributed by atoms with E-state index >= 15 is 0 Å². The number of carbonyl (C=O) groups is 3. The zero-order valence-electron chi connectivity index (χ0n) is 17.0. The number of nitrogens with zero attached hydrogens (tertiary/aromatic N) is 1. The Hall–Kier alpha value is -3.10. The van der Waals surface area contributed by atoms with Crippen molar-refractivity contribution in [3.05, 3.63) is 64.7 Å². The van der Waals surface area contributed by atoms with Crippen LogP contribution in [0.4, 0.5) is 10.5 Å². The average Bonchev–Trinajstić information content (AvgIpc) is 2.77. The van der Waals surface area contributed by atoms with Gasteiger partial charge in [-0.05, 0) is 23.3 Å². The molecular formula is C22H22ClNO7. The summed E-state index contributed by atoms with van der Waals surface area (Å²) >= 11 is 6.13. The van der Waals surface area contributed by atoms with Crippen LogP contribution in [0, 0.1) is 5.92 Å². The van der Waals surface area contributed by atoms with Crippen molar-refractivity contribution in [2.75, 3.05) is 19.1 Å². The standard InChI is InChI=1S/C22H22ClNO7/c1-29-20(26)19(21(27)30-2)16-11-18(25)24(17-10-14(23)8-9-15(16)17)22(28)31-12-13-6-4-3-5-7-13/h3-10,16,18-19,25H,11-12H2,1-2H3/t16-,18?/m0/s1. The number of halogens is 1. The van der Waals surface area contributed by atoms with Crippen LogP contribution in [0.1, 0.15) is 23.5 Å². The summed E-state index contributed by atoms with van der Waals surface area (Å²) in [5.74, 6) is -3.71. The maximum absolute atomic E-state index is 12.8. The Labute approximate surface area is 184 Å². The van der Waals surface area contributed by atoms with E-state index in [1.54, 1.807) is 24.3 Å². The van der Waals surface area contributed by atoms with Crippen molar-refractivity contribution in [3.63, 3.8) is 0 Å². The number of fused-ring (bicyclic) bond motifs is 1. The van der Waals surface area contributed by atoms with Crippen molar-refractivity contribution in [3.8, 4) is 0 Å². The van der Waals surface area contributed by atoms with E-state index < -0.39 is 36.1 Å². The predicted octanol–water partition coefficient (Wildman–Crippen LogP) is 3.25. The second kappa shape index (κ2) is 9.80. The molecule has 0 radical (unpaired) electrons. The molecule has 3 rings (SSSR count). The monoisotopic (exact) mass is 447 g/mol. The van der Waals surface area contributed by atoms with E-state index in [4.69, 9.17) is 25.8 Å². The zero-order valence-corrected chi connectivity index (χ0v) is 17.7. The molecule has 2 aromatic carbocycles. The number of carbonyl (C=O) groups excluding carboxylic acids is 3. The van der Waals surface area contributed by atoms with Crippen LogP contribution in [0.3, 0.4) is 0 Å². The highest BCUT2D eigenvalue weighted by atomic mass is 35.5. The van der Waals surface area contributed by atoms with Crippen LogP contribution < -0.4 is 4.90 Å². The fraction of sp³-hybridized carbons (Fsp3) is 0.318. The molecule has 1 aliphatic heterocycles. The second-order valence-electron chi connectivity index (χ2n) is 6.96. The van der Waals surface area contributed by atoms with Gasteiger partial charge in [0.05, 0.1) is 19.9 Å². The average molecular weight is 448 g/mol. The zero-order chi connectivity index (χ0) is 22.5. The molecule has 0 saturated heterocycles. The highest BCUT2D eigenvalue weighted by molar-refractivity contribution is 6.31. The fourth-order valence-electron chi connectivity index (χ4n) is 3.66. The lowest BCUT2D eigenvalue weighted by molar-refractivity contribution is -0.160. The Kier molecular flexibility index (Phi) is 7.14. The molecule has 2 aromatic rings. The van der Waals surface area contributed by atoms with Gasteiger partial charge in [-0.1, -0.05) is 48.0 Å². The van der Waals surface area contributed by atoms with Crippen LogP contribution in [0.15, 0.2) is 48.5 Å². The summed E-state index contributed by atoms with van der Waals surface area (Å²) in [5.41, 5.74) is 1.49. The largest absolute Gasteiger partial charge is 0.468 e. The molecular weight excluding hydrogens is 426 g/mol. The van der Waals surface area contributed by atoms with Crippen LogP contribution in [-0.4, -0.2) is 43.6 Å². The summed E-state index contributed by atoms with van der Waals surface area (Å²) in [6.45, 7) is 0.00909. The van der Waals surface area contributed by atoms with Gasteiger partial charge in [-0.15, -0.1) is 0 Å². The Morgan fingerprint density at radius 3 is 2.35 bits per heavy atom. The molecule has 0 spiro atoms. The molecule has 1 heterocycles. The number of rotatable bonds is 5. The Morgan fingerprint density at radius 2 is 1.74 bits per heavy atom. The molecule has 0 fully saturated rings. The first-order valence-corrected chi connectivity index (χ1v) is 9.88. The summed E-state index contributed by atoms with van der Waals surface area (Å²) in [6.07, 6.45) is -2.26. The Bertz CT molecular complexity index is 950. The topological polar surface area (TPSA) is 102 Å². The molecule has 0 bridgehead atoms. The van der Waals surface area contributed by atoms with Crippen LogP contribution in [0.2, 0.25) is 5.02 Å². The first kappa shape index (κ1) is 22.6. The summed E-state index contributed by atoms with van der Waals surface area (Å²) < 4.78 is 14.9. The molecule has 1 aliphatic rings. The lowest BCUT2D eigenvalue weighted by Crippen LogP contribution is -2.47. The molecule has 2 atom stereocenters. The molecule has 0 saturated carbocycles. The van der Waals surface area contributed by atoms with Crippen molar-refractivity contribution in [2.45, 2.75) is 25.2 Å².